The van der Waals surface area contributed by atoms with Gasteiger partial charge in [0.25, 0.3) is 0 Å². The van der Waals surface area contributed by atoms with E-state index in [1.807, 2.05) is 30.3 Å². The van der Waals surface area contributed by atoms with E-state index in [1.54, 1.807) is 6.92 Å². The fourth-order valence-electron chi connectivity index (χ4n) is 2.99. The number of phenolic OH excluding ortho intramolecular Hbond substituents is 1. The van der Waals surface area contributed by atoms with Crippen LogP contribution < -0.4 is 0 Å². The lowest BCUT2D eigenvalue weighted by atomic mass is 9.83. The van der Waals surface area contributed by atoms with Gasteiger partial charge in [-0.2, -0.15) is 15.4 Å². The number of ether oxygens (including phenoxy) is 1. The quantitative estimate of drug-likeness (QED) is 0.510. The highest BCUT2D eigenvalue weighted by Gasteiger charge is 2.21. The van der Waals surface area contributed by atoms with E-state index in [0.29, 0.717) is 23.1 Å². The van der Waals surface area contributed by atoms with E-state index in [0.717, 1.165) is 22.2 Å². The highest BCUT2D eigenvalue weighted by molar-refractivity contribution is 5.93. The van der Waals surface area contributed by atoms with E-state index in [1.165, 1.54) is 0 Å². The van der Waals surface area contributed by atoms with Crippen LogP contribution in [0.25, 0.3) is 22.2 Å². The van der Waals surface area contributed by atoms with E-state index in [9.17, 15) is 9.90 Å². The Bertz CT molecular complexity index is 1040. The third-order valence-electron chi connectivity index (χ3n) is 4.65. The number of aromatic hydroxyl groups is 1. The molecule has 1 heterocycles. The number of carbonyl (C=O) groups excluding carboxylic acids is 1. The van der Waals surface area contributed by atoms with Crippen molar-refractivity contribution in [3.8, 4) is 16.9 Å². The topological polar surface area (TPSA) is 88.1 Å². The molecule has 0 unspecified atom stereocenters. The van der Waals surface area contributed by atoms with Crippen molar-refractivity contribution < 1.29 is 14.6 Å². The van der Waals surface area contributed by atoms with E-state index in [4.69, 9.17) is 4.74 Å². The molecule has 146 valence electrons. The molecular weight excluding hydrogens is 354 g/mol. The van der Waals surface area contributed by atoms with E-state index in [-0.39, 0.29) is 17.8 Å². The van der Waals surface area contributed by atoms with Crippen molar-refractivity contribution in [3.63, 3.8) is 0 Å². The summed E-state index contributed by atoms with van der Waals surface area (Å²) < 4.78 is 5.21. The standard InChI is InChI=1S/C22H25N3O3/c1-13(2)21(27)28-10-9-14-11-15(22(3,4)5)12-17(20(14)26)16-7-6-8-18-19(16)24-25-23-18/h6-8,11-12,26H,1,9-10H2,2-5H3,(H,23,24,25). The van der Waals surface area contributed by atoms with Gasteiger partial charge in [-0.3, -0.25) is 0 Å². The Morgan fingerprint density at radius 3 is 2.64 bits per heavy atom. The van der Waals surface area contributed by atoms with Gasteiger partial charge < -0.3 is 9.84 Å². The summed E-state index contributed by atoms with van der Waals surface area (Å²) in [6.07, 6.45) is 0.399. The van der Waals surface area contributed by atoms with Crippen molar-refractivity contribution in [1.29, 1.82) is 0 Å². The first kappa shape index (κ1) is 19.6. The molecule has 6 nitrogen and oxygen atoms in total. The first-order valence-electron chi connectivity index (χ1n) is 9.17. The number of rotatable bonds is 5. The molecule has 0 saturated heterocycles. The average Bonchev–Trinajstić information content (AvgIpc) is 3.10. The number of hydrogen-bond donors (Lipinski definition) is 2. The second-order valence-electron chi connectivity index (χ2n) is 7.94. The van der Waals surface area contributed by atoms with Crippen molar-refractivity contribution in [3.05, 3.63) is 53.6 Å². The molecule has 2 N–H and O–H groups in total. The molecule has 3 aromatic rings. The number of para-hydroxylation sites is 1. The van der Waals surface area contributed by atoms with E-state index in [2.05, 4.69) is 42.8 Å². The molecule has 0 aliphatic heterocycles. The maximum absolute atomic E-state index is 11.6. The Morgan fingerprint density at radius 1 is 1.21 bits per heavy atom. The number of aromatic nitrogens is 3. The lowest BCUT2D eigenvalue weighted by Gasteiger charge is -2.23. The largest absolute Gasteiger partial charge is 0.507 e. The molecule has 2 aromatic carbocycles. The predicted octanol–water partition coefficient (Wildman–Crippen LogP) is 4.29. The van der Waals surface area contributed by atoms with E-state index < -0.39 is 5.97 Å². The zero-order valence-electron chi connectivity index (χ0n) is 16.7. The maximum atomic E-state index is 11.6. The summed E-state index contributed by atoms with van der Waals surface area (Å²) in [6, 6.07) is 9.62. The minimum atomic E-state index is -0.431. The Hall–Kier alpha value is -3.15. The van der Waals surface area contributed by atoms with Crippen molar-refractivity contribution in [2.45, 2.75) is 39.5 Å². The highest BCUT2D eigenvalue weighted by atomic mass is 16.5. The number of aromatic amines is 1. The predicted molar refractivity (Wildman–Crippen MR) is 109 cm³/mol. The molecule has 6 heteroatoms. The number of hydrogen-bond acceptors (Lipinski definition) is 5. The molecule has 1 aromatic heterocycles. The van der Waals surface area contributed by atoms with Crippen LogP contribution in [-0.4, -0.2) is 33.1 Å². The second kappa shape index (κ2) is 7.46. The van der Waals surface area contributed by atoms with Gasteiger partial charge in [0.2, 0.25) is 0 Å². The van der Waals surface area contributed by atoms with Gasteiger partial charge in [0, 0.05) is 23.1 Å². The van der Waals surface area contributed by atoms with Crippen LogP contribution in [0.3, 0.4) is 0 Å². The fraction of sp³-hybridized carbons (Fsp3) is 0.318. The van der Waals surface area contributed by atoms with Gasteiger partial charge >= 0.3 is 5.97 Å². The van der Waals surface area contributed by atoms with Crippen molar-refractivity contribution >= 4 is 17.0 Å². The van der Waals surface area contributed by atoms with Crippen molar-refractivity contribution in [1.82, 2.24) is 15.4 Å². The van der Waals surface area contributed by atoms with Gasteiger partial charge in [0.15, 0.2) is 0 Å². The van der Waals surface area contributed by atoms with Crippen LogP contribution in [0, 0.1) is 0 Å². The lowest BCUT2D eigenvalue weighted by Crippen LogP contribution is -2.13. The lowest BCUT2D eigenvalue weighted by molar-refractivity contribution is -0.138. The summed E-state index contributed by atoms with van der Waals surface area (Å²) in [7, 11) is 0. The molecule has 0 aliphatic carbocycles. The third kappa shape index (κ3) is 3.91. The Morgan fingerprint density at radius 2 is 1.96 bits per heavy atom. The van der Waals surface area contributed by atoms with Crippen LogP contribution in [0.4, 0.5) is 0 Å². The maximum Gasteiger partial charge on any atom is 0.333 e. The third-order valence-corrected chi connectivity index (χ3v) is 4.65. The van der Waals surface area contributed by atoms with Crippen LogP contribution in [-0.2, 0) is 21.4 Å². The van der Waals surface area contributed by atoms with Crippen molar-refractivity contribution in [2.75, 3.05) is 6.61 Å². The van der Waals surface area contributed by atoms with Gasteiger partial charge in [0.05, 0.1) is 6.61 Å². The summed E-state index contributed by atoms with van der Waals surface area (Å²) in [4.78, 5) is 11.6. The van der Waals surface area contributed by atoms with Gasteiger partial charge in [-0.05, 0) is 35.6 Å². The van der Waals surface area contributed by atoms with Crippen LogP contribution in [0.1, 0.15) is 38.8 Å². The SMILES string of the molecule is C=C(C)C(=O)OCCc1cc(C(C)(C)C)cc(-c2cccc3n[nH]nc23)c1O. The molecule has 0 aliphatic rings. The summed E-state index contributed by atoms with van der Waals surface area (Å²) in [5, 5.41) is 22.0. The highest BCUT2D eigenvalue weighted by Crippen LogP contribution is 2.39. The van der Waals surface area contributed by atoms with Crippen molar-refractivity contribution in [2.24, 2.45) is 0 Å². The molecule has 28 heavy (non-hydrogen) atoms. The fourth-order valence-corrected chi connectivity index (χ4v) is 2.99. The first-order valence-corrected chi connectivity index (χ1v) is 9.17. The molecule has 0 radical (unpaired) electrons. The smallest absolute Gasteiger partial charge is 0.333 e. The number of carbonyl (C=O) groups is 1. The van der Waals surface area contributed by atoms with Crippen LogP contribution in [0.2, 0.25) is 0 Å². The summed E-state index contributed by atoms with van der Waals surface area (Å²) in [6.45, 7) is 11.7. The van der Waals surface area contributed by atoms with Gasteiger partial charge in [0.1, 0.15) is 16.8 Å². The monoisotopic (exact) mass is 379 g/mol. The zero-order chi connectivity index (χ0) is 20.5. The normalized spacial score (nSPS) is 11.6. The first-order chi connectivity index (χ1) is 13.2. The number of esters is 1. The number of nitrogens with zero attached hydrogens (tertiary/aromatic N) is 2. The summed E-state index contributed by atoms with van der Waals surface area (Å²) in [5.41, 5.74) is 4.94. The molecule has 3 rings (SSSR count). The molecule has 0 spiro atoms. The summed E-state index contributed by atoms with van der Waals surface area (Å²) in [5.74, 6) is -0.270. The Labute approximate surface area is 164 Å². The molecule has 0 fully saturated rings. The molecule has 0 amide bonds. The van der Waals surface area contributed by atoms with Gasteiger partial charge in [-0.25, -0.2) is 4.79 Å². The molecule has 0 bridgehead atoms. The van der Waals surface area contributed by atoms with Gasteiger partial charge in [-0.15, -0.1) is 0 Å². The summed E-state index contributed by atoms with van der Waals surface area (Å²) >= 11 is 0. The minimum absolute atomic E-state index is 0.122. The van der Waals surface area contributed by atoms with Crippen LogP contribution in [0.15, 0.2) is 42.5 Å². The average molecular weight is 379 g/mol. The zero-order valence-corrected chi connectivity index (χ0v) is 16.7. The molecular formula is C22H25N3O3. The van der Waals surface area contributed by atoms with Crippen LogP contribution >= 0.6 is 0 Å². The van der Waals surface area contributed by atoms with Gasteiger partial charge in [-0.1, -0.05) is 45.5 Å². The Kier molecular flexibility index (Phi) is 5.23. The Balaban J connectivity index is 2.06. The van der Waals surface area contributed by atoms with Crippen LogP contribution in [0.5, 0.6) is 5.75 Å². The number of phenols is 1. The minimum Gasteiger partial charge on any atom is -0.507 e. The number of H-pyrrole nitrogens is 1. The van der Waals surface area contributed by atoms with E-state index >= 15 is 0 Å². The number of nitrogens with one attached hydrogen (secondary N) is 1. The number of fused-ring (bicyclic) bond motifs is 1. The molecule has 0 atom stereocenters. The molecule has 0 saturated carbocycles. The number of benzene rings is 2. The second-order valence-corrected chi connectivity index (χ2v) is 7.94.